The summed E-state index contributed by atoms with van der Waals surface area (Å²) in [5.74, 6) is 0.328. The summed E-state index contributed by atoms with van der Waals surface area (Å²) >= 11 is 1.18. The molecule has 0 bridgehead atoms. The standard InChI is InChI=1S/C15H26N2O3S/c1-6-7-14(17-12(5)19)13(8-16-11(4)18)9-21-15(20)10(2)3/h13-14H,2,6-9H2,1,3-5H3,(H,16,18)(H,17,19). The SMILES string of the molecule is C=C(C)C(=O)SCC(CNC(C)=O)C(CCC)NC(C)=O. The summed E-state index contributed by atoms with van der Waals surface area (Å²) in [6.45, 7) is 10.7. The average Bonchev–Trinajstić information content (AvgIpc) is 2.37. The van der Waals surface area contributed by atoms with E-state index in [-0.39, 0.29) is 28.9 Å². The molecule has 2 unspecified atom stereocenters. The molecule has 5 nitrogen and oxygen atoms in total. The van der Waals surface area contributed by atoms with E-state index in [9.17, 15) is 14.4 Å². The largest absolute Gasteiger partial charge is 0.356 e. The zero-order chi connectivity index (χ0) is 16.4. The first-order valence-electron chi connectivity index (χ1n) is 7.12. The predicted octanol–water partition coefficient (Wildman–Crippen LogP) is 1.88. The van der Waals surface area contributed by atoms with Gasteiger partial charge in [-0.15, -0.1) is 0 Å². The fraction of sp³-hybridized carbons (Fsp3) is 0.667. The lowest BCUT2D eigenvalue weighted by atomic mass is 9.97. The van der Waals surface area contributed by atoms with Crippen LogP contribution in [0.25, 0.3) is 0 Å². The van der Waals surface area contributed by atoms with Crippen molar-refractivity contribution < 1.29 is 14.4 Å². The molecule has 0 spiro atoms. The van der Waals surface area contributed by atoms with Crippen LogP contribution in [0.5, 0.6) is 0 Å². The van der Waals surface area contributed by atoms with Gasteiger partial charge < -0.3 is 10.6 Å². The average molecular weight is 314 g/mol. The molecule has 0 aliphatic rings. The van der Waals surface area contributed by atoms with Gasteiger partial charge in [0.25, 0.3) is 0 Å². The smallest absolute Gasteiger partial charge is 0.217 e. The van der Waals surface area contributed by atoms with Gasteiger partial charge in [0.2, 0.25) is 16.9 Å². The molecule has 0 heterocycles. The Balaban J connectivity index is 4.79. The van der Waals surface area contributed by atoms with E-state index < -0.39 is 0 Å². The van der Waals surface area contributed by atoms with E-state index in [2.05, 4.69) is 17.2 Å². The Morgan fingerprint density at radius 1 is 1.14 bits per heavy atom. The van der Waals surface area contributed by atoms with E-state index >= 15 is 0 Å². The van der Waals surface area contributed by atoms with Crippen molar-refractivity contribution >= 4 is 28.7 Å². The van der Waals surface area contributed by atoms with Crippen molar-refractivity contribution in [2.45, 2.75) is 46.6 Å². The van der Waals surface area contributed by atoms with Gasteiger partial charge in [-0.1, -0.05) is 31.7 Å². The number of rotatable bonds is 9. The number of carbonyl (C=O) groups is 3. The maximum atomic E-state index is 11.7. The second kappa shape index (κ2) is 10.4. The molecule has 0 aliphatic heterocycles. The molecule has 120 valence electrons. The van der Waals surface area contributed by atoms with Crippen molar-refractivity contribution in [2.75, 3.05) is 12.3 Å². The van der Waals surface area contributed by atoms with Crippen molar-refractivity contribution in [3.63, 3.8) is 0 Å². The van der Waals surface area contributed by atoms with Crippen LogP contribution in [0.3, 0.4) is 0 Å². The zero-order valence-electron chi connectivity index (χ0n) is 13.3. The topological polar surface area (TPSA) is 75.3 Å². The van der Waals surface area contributed by atoms with Crippen LogP contribution in [-0.2, 0) is 14.4 Å². The third kappa shape index (κ3) is 9.28. The van der Waals surface area contributed by atoms with E-state index in [0.29, 0.717) is 17.9 Å². The monoisotopic (exact) mass is 314 g/mol. The third-order valence-electron chi connectivity index (χ3n) is 2.95. The molecule has 0 aromatic carbocycles. The van der Waals surface area contributed by atoms with Crippen LogP contribution in [0.1, 0.15) is 40.5 Å². The predicted molar refractivity (Wildman–Crippen MR) is 87.0 cm³/mol. The molecule has 2 atom stereocenters. The number of thioether (sulfide) groups is 1. The molecule has 0 saturated heterocycles. The van der Waals surface area contributed by atoms with Gasteiger partial charge in [-0.05, 0) is 18.9 Å². The van der Waals surface area contributed by atoms with Crippen LogP contribution >= 0.6 is 11.8 Å². The highest BCUT2D eigenvalue weighted by Gasteiger charge is 2.23. The molecule has 0 aliphatic carbocycles. The molecule has 0 radical (unpaired) electrons. The molecule has 0 rings (SSSR count). The summed E-state index contributed by atoms with van der Waals surface area (Å²) in [5.41, 5.74) is 0.504. The van der Waals surface area contributed by atoms with Crippen molar-refractivity contribution in [2.24, 2.45) is 5.92 Å². The molecule has 0 fully saturated rings. The van der Waals surface area contributed by atoms with Crippen molar-refractivity contribution in [1.82, 2.24) is 10.6 Å². The van der Waals surface area contributed by atoms with E-state index in [1.807, 2.05) is 6.92 Å². The van der Waals surface area contributed by atoms with E-state index in [1.54, 1.807) is 6.92 Å². The van der Waals surface area contributed by atoms with Gasteiger partial charge in [-0.2, -0.15) is 0 Å². The highest BCUT2D eigenvalue weighted by atomic mass is 32.2. The third-order valence-corrected chi connectivity index (χ3v) is 4.15. The molecular weight excluding hydrogens is 288 g/mol. The summed E-state index contributed by atoms with van der Waals surface area (Å²) in [6, 6.07) is -0.0511. The first kappa shape index (κ1) is 19.7. The Morgan fingerprint density at radius 3 is 2.19 bits per heavy atom. The fourth-order valence-electron chi connectivity index (χ4n) is 1.90. The zero-order valence-corrected chi connectivity index (χ0v) is 14.1. The summed E-state index contributed by atoms with van der Waals surface area (Å²) in [5, 5.41) is 5.64. The second-order valence-corrected chi connectivity index (χ2v) is 6.16. The van der Waals surface area contributed by atoms with E-state index in [1.165, 1.54) is 25.6 Å². The van der Waals surface area contributed by atoms with Crippen LogP contribution in [0.2, 0.25) is 0 Å². The Kier molecular flexibility index (Phi) is 9.78. The molecule has 0 aromatic heterocycles. The molecule has 2 amide bonds. The molecule has 2 N–H and O–H groups in total. The number of nitrogens with one attached hydrogen (secondary N) is 2. The molecule has 6 heteroatoms. The first-order chi connectivity index (χ1) is 9.77. The second-order valence-electron chi connectivity index (χ2n) is 5.17. The minimum Gasteiger partial charge on any atom is -0.356 e. The van der Waals surface area contributed by atoms with Gasteiger partial charge >= 0.3 is 0 Å². The van der Waals surface area contributed by atoms with Crippen LogP contribution in [0, 0.1) is 5.92 Å². The van der Waals surface area contributed by atoms with Gasteiger partial charge in [0.05, 0.1) is 0 Å². The van der Waals surface area contributed by atoms with Gasteiger partial charge in [-0.3, -0.25) is 14.4 Å². The maximum Gasteiger partial charge on any atom is 0.217 e. The van der Waals surface area contributed by atoms with Gasteiger partial charge in [0.15, 0.2) is 0 Å². The molecule has 0 saturated carbocycles. The van der Waals surface area contributed by atoms with Crippen LogP contribution in [0.15, 0.2) is 12.2 Å². The lowest BCUT2D eigenvalue weighted by Crippen LogP contribution is -2.45. The lowest BCUT2D eigenvalue weighted by molar-refractivity contribution is -0.120. The fourth-order valence-corrected chi connectivity index (χ4v) is 2.86. The Morgan fingerprint density at radius 2 is 1.76 bits per heavy atom. The summed E-state index contributed by atoms with van der Waals surface area (Å²) in [7, 11) is 0. The Bertz CT molecular complexity index is 396. The maximum absolute atomic E-state index is 11.7. The van der Waals surface area contributed by atoms with Gasteiger partial charge in [0.1, 0.15) is 0 Å². The number of amides is 2. The van der Waals surface area contributed by atoms with Crippen LogP contribution in [-0.4, -0.2) is 35.3 Å². The van der Waals surface area contributed by atoms with Crippen LogP contribution < -0.4 is 10.6 Å². The van der Waals surface area contributed by atoms with Crippen molar-refractivity contribution in [1.29, 1.82) is 0 Å². The van der Waals surface area contributed by atoms with Crippen molar-refractivity contribution in [3.8, 4) is 0 Å². The van der Waals surface area contributed by atoms with Gasteiger partial charge in [-0.25, -0.2) is 0 Å². The molecule has 0 aromatic rings. The normalized spacial score (nSPS) is 13.1. The van der Waals surface area contributed by atoms with Crippen LogP contribution in [0.4, 0.5) is 0 Å². The Hall–Kier alpha value is -1.30. The van der Waals surface area contributed by atoms with Gasteiger partial charge in [0, 0.05) is 38.1 Å². The Labute approximate surface area is 131 Å². The molecular formula is C15H26N2O3S. The highest BCUT2D eigenvalue weighted by molar-refractivity contribution is 8.14. The number of hydrogen-bond acceptors (Lipinski definition) is 4. The minimum atomic E-state index is -0.116. The van der Waals surface area contributed by atoms with E-state index in [0.717, 1.165) is 12.8 Å². The first-order valence-corrected chi connectivity index (χ1v) is 8.10. The number of hydrogen-bond donors (Lipinski definition) is 2. The summed E-state index contributed by atoms with van der Waals surface area (Å²) < 4.78 is 0. The number of carbonyl (C=O) groups excluding carboxylic acids is 3. The van der Waals surface area contributed by atoms with Crippen molar-refractivity contribution in [3.05, 3.63) is 12.2 Å². The van der Waals surface area contributed by atoms with E-state index in [4.69, 9.17) is 0 Å². The lowest BCUT2D eigenvalue weighted by Gasteiger charge is -2.27. The summed E-state index contributed by atoms with van der Waals surface area (Å²) in [6.07, 6.45) is 1.73. The summed E-state index contributed by atoms with van der Waals surface area (Å²) in [4.78, 5) is 34.1. The quantitative estimate of drug-likeness (QED) is 0.637. The minimum absolute atomic E-state index is 0.00560. The highest BCUT2D eigenvalue weighted by Crippen LogP contribution is 2.18. The molecule has 21 heavy (non-hydrogen) atoms.